The number of H-pyrrole nitrogens is 1. The molecule has 2 aromatic rings. The van der Waals surface area contributed by atoms with E-state index in [0.717, 1.165) is 25.7 Å². The van der Waals surface area contributed by atoms with Gasteiger partial charge in [-0.3, -0.25) is 4.79 Å². The Kier molecular flexibility index (Phi) is 4.71. The summed E-state index contributed by atoms with van der Waals surface area (Å²) in [6.07, 6.45) is 7.92. The number of sulfone groups is 1. The van der Waals surface area contributed by atoms with Gasteiger partial charge in [0.25, 0.3) is 0 Å². The third kappa shape index (κ3) is 3.36. The van der Waals surface area contributed by atoms with Gasteiger partial charge in [0.05, 0.1) is 10.8 Å². The molecule has 7 heteroatoms. The number of hydrogen-bond acceptors (Lipinski definition) is 4. The predicted molar refractivity (Wildman–Crippen MR) is 87.4 cm³/mol. The third-order valence-electron chi connectivity index (χ3n) is 4.66. The van der Waals surface area contributed by atoms with Crippen molar-refractivity contribution in [3.05, 3.63) is 42.2 Å². The molecule has 24 heavy (non-hydrogen) atoms. The van der Waals surface area contributed by atoms with Gasteiger partial charge in [0, 0.05) is 12.4 Å². The summed E-state index contributed by atoms with van der Waals surface area (Å²) in [5.74, 6) is -1.00. The molecule has 3 rings (SSSR count). The first kappa shape index (κ1) is 16.7. The van der Waals surface area contributed by atoms with Crippen molar-refractivity contribution in [2.45, 2.75) is 48.1 Å². The predicted octanol–water partition coefficient (Wildman–Crippen LogP) is 2.99. The van der Waals surface area contributed by atoms with Crippen LogP contribution in [0.4, 0.5) is 0 Å². The Hall–Kier alpha value is -2.15. The summed E-state index contributed by atoms with van der Waals surface area (Å²) in [6.45, 7) is 0. The first-order chi connectivity index (χ1) is 11.5. The quantitative estimate of drug-likeness (QED) is 0.836. The number of aromatic nitrogens is 2. The van der Waals surface area contributed by atoms with Crippen LogP contribution < -0.4 is 0 Å². The molecule has 0 bridgehead atoms. The van der Waals surface area contributed by atoms with Crippen LogP contribution in [0.2, 0.25) is 0 Å². The summed E-state index contributed by atoms with van der Waals surface area (Å²) in [4.78, 5) is 18.1. The summed E-state index contributed by atoms with van der Waals surface area (Å²) in [5.41, 5.74) is 0.646. The van der Waals surface area contributed by atoms with Crippen LogP contribution in [0.15, 0.2) is 46.7 Å². The number of aromatic amines is 1. The maximum absolute atomic E-state index is 12.4. The standard InChI is InChI=1S/C17H20N2O4S/c20-16(21)15(11-12-3-1-2-4-12)13-5-7-14(8-6-13)24(22,23)17-18-9-10-19-17/h5-10,12,15H,1-4,11H2,(H,18,19)(H,20,21). The number of nitrogens with zero attached hydrogens (tertiary/aromatic N) is 1. The zero-order chi connectivity index (χ0) is 17.2. The Morgan fingerprint density at radius 2 is 1.92 bits per heavy atom. The van der Waals surface area contributed by atoms with Crippen molar-refractivity contribution < 1.29 is 18.3 Å². The number of benzene rings is 1. The average Bonchev–Trinajstić information content (AvgIpc) is 3.26. The van der Waals surface area contributed by atoms with Gasteiger partial charge < -0.3 is 10.1 Å². The van der Waals surface area contributed by atoms with Crippen LogP contribution in [0.3, 0.4) is 0 Å². The molecule has 1 fully saturated rings. The van der Waals surface area contributed by atoms with Crippen LogP contribution in [0.25, 0.3) is 0 Å². The molecule has 1 heterocycles. The Labute approximate surface area is 140 Å². The number of carboxylic acid groups (broad SMARTS) is 1. The van der Waals surface area contributed by atoms with Gasteiger partial charge in [-0.25, -0.2) is 13.4 Å². The molecule has 1 aliphatic rings. The summed E-state index contributed by atoms with van der Waals surface area (Å²) in [6, 6.07) is 6.11. The van der Waals surface area contributed by atoms with E-state index in [-0.39, 0.29) is 10.1 Å². The summed E-state index contributed by atoms with van der Waals surface area (Å²) in [5, 5.41) is 9.42. The van der Waals surface area contributed by atoms with E-state index in [1.807, 2.05) is 0 Å². The van der Waals surface area contributed by atoms with Crippen molar-refractivity contribution >= 4 is 15.8 Å². The van der Waals surface area contributed by atoms with Crippen molar-refractivity contribution in [3.8, 4) is 0 Å². The second-order valence-corrected chi connectivity index (χ2v) is 8.11. The van der Waals surface area contributed by atoms with Gasteiger partial charge in [-0.2, -0.15) is 0 Å². The molecule has 128 valence electrons. The maximum atomic E-state index is 12.4. The number of rotatable bonds is 6. The SMILES string of the molecule is O=C(O)C(CC1CCCC1)c1ccc(S(=O)(=O)c2ncc[nH]2)cc1. The number of carbonyl (C=O) groups is 1. The smallest absolute Gasteiger partial charge is 0.310 e. The lowest BCUT2D eigenvalue weighted by Gasteiger charge is -2.17. The zero-order valence-electron chi connectivity index (χ0n) is 13.2. The Bertz CT molecular complexity index is 792. The van der Waals surface area contributed by atoms with E-state index in [4.69, 9.17) is 0 Å². The van der Waals surface area contributed by atoms with E-state index in [1.54, 1.807) is 12.1 Å². The highest BCUT2D eigenvalue weighted by Gasteiger charge is 2.27. The second kappa shape index (κ2) is 6.76. The molecule has 1 aromatic carbocycles. The molecule has 1 aromatic heterocycles. The van der Waals surface area contributed by atoms with Gasteiger partial charge in [0.15, 0.2) is 0 Å². The second-order valence-electron chi connectivity index (χ2n) is 6.24. The molecule has 1 saturated carbocycles. The lowest BCUT2D eigenvalue weighted by molar-refractivity contribution is -0.139. The van der Waals surface area contributed by atoms with Crippen molar-refractivity contribution in [1.29, 1.82) is 0 Å². The van der Waals surface area contributed by atoms with E-state index >= 15 is 0 Å². The number of imidazole rings is 1. The molecule has 0 aliphatic heterocycles. The highest BCUT2D eigenvalue weighted by molar-refractivity contribution is 7.91. The minimum Gasteiger partial charge on any atom is -0.481 e. The highest BCUT2D eigenvalue weighted by Crippen LogP contribution is 2.34. The number of nitrogens with one attached hydrogen (secondary N) is 1. The molecular formula is C17H20N2O4S. The lowest BCUT2D eigenvalue weighted by Crippen LogP contribution is -2.15. The summed E-state index contributed by atoms with van der Waals surface area (Å²) >= 11 is 0. The minimum atomic E-state index is -3.69. The fourth-order valence-electron chi connectivity index (χ4n) is 3.35. The molecule has 0 radical (unpaired) electrons. The van der Waals surface area contributed by atoms with Crippen molar-refractivity contribution in [3.63, 3.8) is 0 Å². The largest absolute Gasteiger partial charge is 0.481 e. The molecular weight excluding hydrogens is 328 g/mol. The average molecular weight is 348 g/mol. The molecule has 0 saturated heterocycles. The van der Waals surface area contributed by atoms with Gasteiger partial charge in [-0.15, -0.1) is 0 Å². The lowest BCUT2D eigenvalue weighted by atomic mass is 9.88. The summed E-state index contributed by atoms with van der Waals surface area (Å²) in [7, 11) is -3.69. The van der Waals surface area contributed by atoms with E-state index < -0.39 is 21.7 Å². The number of hydrogen-bond donors (Lipinski definition) is 2. The van der Waals surface area contributed by atoms with E-state index in [1.165, 1.54) is 24.5 Å². The minimum absolute atomic E-state index is 0.103. The van der Waals surface area contributed by atoms with E-state index in [2.05, 4.69) is 9.97 Å². The van der Waals surface area contributed by atoms with Crippen molar-refractivity contribution in [1.82, 2.24) is 9.97 Å². The molecule has 0 amide bonds. The summed E-state index contributed by atoms with van der Waals surface area (Å²) < 4.78 is 24.8. The van der Waals surface area contributed by atoms with Gasteiger partial charge in [0.1, 0.15) is 0 Å². The molecule has 6 nitrogen and oxygen atoms in total. The van der Waals surface area contributed by atoms with Crippen LogP contribution >= 0.6 is 0 Å². The fraction of sp³-hybridized carbons (Fsp3) is 0.412. The number of carboxylic acids is 1. The first-order valence-corrected chi connectivity index (χ1v) is 9.54. The normalized spacial score (nSPS) is 17.0. The molecule has 1 aliphatic carbocycles. The van der Waals surface area contributed by atoms with Crippen LogP contribution in [-0.4, -0.2) is 29.5 Å². The van der Waals surface area contributed by atoms with Gasteiger partial charge in [-0.05, 0) is 30.0 Å². The molecule has 0 spiro atoms. The maximum Gasteiger partial charge on any atom is 0.310 e. The highest BCUT2D eigenvalue weighted by atomic mass is 32.2. The fourth-order valence-corrected chi connectivity index (χ4v) is 4.49. The Balaban J connectivity index is 1.83. The van der Waals surface area contributed by atoms with Crippen LogP contribution in [-0.2, 0) is 14.6 Å². The van der Waals surface area contributed by atoms with Crippen LogP contribution in [0, 0.1) is 5.92 Å². The first-order valence-electron chi connectivity index (χ1n) is 8.05. The third-order valence-corrected chi connectivity index (χ3v) is 6.29. The number of aliphatic carboxylic acids is 1. The van der Waals surface area contributed by atoms with Gasteiger partial charge in [0.2, 0.25) is 15.0 Å². The van der Waals surface area contributed by atoms with Crippen molar-refractivity contribution in [2.24, 2.45) is 5.92 Å². The molecule has 1 unspecified atom stereocenters. The molecule has 2 N–H and O–H groups in total. The van der Waals surface area contributed by atoms with Crippen molar-refractivity contribution in [2.75, 3.05) is 0 Å². The van der Waals surface area contributed by atoms with E-state index in [9.17, 15) is 18.3 Å². The van der Waals surface area contributed by atoms with Gasteiger partial charge in [-0.1, -0.05) is 37.8 Å². The molecule has 1 atom stereocenters. The monoisotopic (exact) mass is 348 g/mol. The van der Waals surface area contributed by atoms with Crippen LogP contribution in [0.1, 0.15) is 43.6 Å². The zero-order valence-corrected chi connectivity index (χ0v) is 14.0. The topological polar surface area (TPSA) is 100 Å². The van der Waals surface area contributed by atoms with Crippen LogP contribution in [0.5, 0.6) is 0 Å². The van der Waals surface area contributed by atoms with Gasteiger partial charge >= 0.3 is 5.97 Å². The Morgan fingerprint density at radius 3 is 2.46 bits per heavy atom. The van der Waals surface area contributed by atoms with E-state index in [0.29, 0.717) is 17.9 Å². The Morgan fingerprint density at radius 1 is 1.25 bits per heavy atom.